The molecule has 0 saturated heterocycles. The minimum Gasteiger partial charge on any atom is -0.496 e. The van der Waals surface area contributed by atoms with Crippen molar-refractivity contribution in [3.63, 3.8) is 0 Å². The number of halogens is 1. The van der Waals surface area contributed by atoms with E-state index in [0.717, 1.165) is 29.2 Å². The highest BCUT2D eigenvalue weighted by Gasteiger charge is 2.13. The Kier molecular flexibility index (Phi) is 7.47. The summed E-state index contributed by atoms with van der Waals surface area (Å²) in [5.74, 6) is 1.77. The highest BCUT2D eigenvalue weighted by atomic mass is 79.9. The van der Waals surface area contributed by atoms with Gasteiger partial charge in [0.1, 0.15) is 5.75 Å². The summed E-state index contributed by atoms with van der Waals surface area (Å²) in [5.41, 5.74) is 1.25. The van der Waals surface area contributed by atoms with Crippen LogP contribution in [0.5, 0.6) is 5.75 Å². The molecule has 0 radical (unpaired) electrons. The third-order valence-corrected chi connectivity index (χ3v) is 4.25. The Morgan fingerprint density at radius 1 is 1.21 bits per heavy atom. The third-order valence-electron chi connectivity index (χ3n) is 3.75. The summed E-state index contributed by atoms with van der Waals surface area (Å²) in [6.07, 6.45) is 2.51. The Balaban J connectivity index is 2.77. The summed E-state index contributed by atoms with van der Waals surface area (Å²) < 4.78 is 6.57. The normalized spacial score (nSPS) is 11.3. The number of hydrogen-bond acceptors (Lipinski definition) is 2. The number of benzene rings is 1. The second-order valence-electron chi connectivity index (χ2n) is 4.97. The predicted octanol–water partition coefficient (Wildman–Crippen LogP) is 4.72. The van der Waals surface area contributed by atoms with Gasteiger partial charge in [-0.1, -0.05) is 49.5 Å². The molecule has 0 unspecified atom stereocenters. The van der Waals surface area contributed by atoms with E-state index in [1.165, 1.54) is 24.9 Å². The van der Waals surface area contributed by atoms with Crippen LogP contribution in [0, 0.1) is 5.92 Å². The lowest BCUT2D eigenvalue weighted by Gasteiger charge is -2.26. The van der Waals surface area contributed by atoms with E-state index in [1.54, 1.807) is 7.11 Å². The van der Waals surface area contributed by atoms with Gasteiger partial charge >= 0.3 is 0 Å². The van der Waals surface area contributed by atoms with Crippen molar-refractivity contribution in [3.8, 4) is 5.75 Å². The molecule has 1 aromatic rings. The zero-order chi connectivity index (χ0) is 14.3. The van der Waals surface area contributed by atoms with Gasteiger partial charge in [0.2, 0.25) is 0 Å². The maximum absolute atomic E-state index is 5.46. The van der Waals surface area contributed by atoms with E-state index in [-0.39, 0.29) is 0 Å². The zero-order valence-corrected chi connectivity index (χ0v) is 14.2. The number of hydrogen-bond donors (Lipinski definition) is 0. The minimum atomic E-state index is 0.790. The monoisotopic (exact) mass is 327 g/mol. The fourth-order valence-electron chi connectivity index (χ4n) is 2.33. The first-order valence-corrected chi connectivity index (χ1v) is 7.98. The Morgan fingerprint density at radius 2 is 1.89 bits per heavy atom. The third kappa shape index (κ3) is 5.15. The lowest BCUT2D eigenvalue weighted by molar-refractivity contribution is 0.223. The summed E-state index contributed by atoms with van der Waals surface area (Å²) >= 11 is 3.54. The highest BCUT2D eigenvalue weighted by molar-refractivity contribution is 9.10. The Bertz CT molecular complexity index is 377. The van der Waals surface area contributed by atoms with Crippen molar-refractivity contribution in [2.24, 2.45) is 5.92 Å². The Morgan fingerprint density at radius 3 is 2.42 bits per heavy atom. The molecule has 3 heteroatoms. The van der Waals surface area contributed by atoms with Crippen molar-refractivity contribution < 1.29 is 4.74 Å². The number of nitrogens with zero attached hydrogens (tertiary/aromatic N) is 1. The topological polar surface area (TPSA) is 12.5 Å². The van der Waals surface area contributed by atoms with Gasteiger partial charge < -0.3 is 4.74 Å². The molecular weight excluding hydrogens is 302 g/mol. The van der Waals surface area contributed by atoms with E-state index < -0.39 is 0 Å². The molecule has 0 aliphatic heterocycles. The average Bonchev–Trinajstić information content (AvgIpc) is 2.43. The zero-order valence-electron chi connectivity index (χ0n) is 12.6. The van der Waals surface area contributed by atoms with Crippen molar-refractivity contribution in [2.75, 3.05) is 20.2 Å². The van der Waals surface area contributed by atoms with E-state index in [9.17, 15) is 0 Å². The molecule has 0 heterocycles. The summed E-state index contributed by atoms with van der Waals surface area (Å²) in [6.45, 7) is 9.98. The summed E-state index contributed by atoms with van der Waals surface area (Å²) in [7, 11) is 1.74. The van der Waals surface area contributed by atoms with E-state index in [0.29, 0.717) is 0 Å². The number of methoxy groups -OCH3 is 1. The molecule has 0 aliphatic rings. The van der Waals surface area contributed by atoms with Crippen LogP contribution >= 0.6 is 15.9 Å². The standard InChI is InChI=1S/C16H26BrNO/c1-5-13(6-2)11-18(7-3)12-14-10-15(17)8-9-16(14)19-4/h8-10,13H,5-7,11-12H2,1-4H3. The van der Waals surface area contributed by atoms with Crippen molar-refractivity contribution >= 4 is 15.9 Å². The molecule has 0 atom stereocenters. The van der Waals surface area contributed by atoms with E-state index in [1.807, 2.05) is 12.1 Å². The molecule has 0 fully saturated rings. The van der Waals surface area contributed by atoms with Gasteiger partial charge in [-0.15, -0.1) is 0 Å². The van der Waals surface area contributed by atoms with Gasteiger partial charge in [0.05, 0.1) is 7.11 Å². The second-order valence-corrected chi connectivity index (χ2v) is 5.88. The molecule has 0 saturated carbocycles. The van der Waals surface area contributed by atoms with Gasteiger partial charge in [-0.3, -0.25) is 4.90 Å². The summed E-state index contributed by atoms with van der Waals surface area (Å²) in [6, 6.07) is 6.22. The molecule has 19 heavy (non-hydrogen) atoms. The molecular formula is C16H26BrNO. The molecule has 108 valence electrons. The molecule has 0 N–H and O–H groups in total. The van der Waals surface area contributed by atoms with Crippen LogP contribution in [-0.2, 0) is 6.54 Å². The van der Waals surface area contributed by atoms with Crippen LogP contribution < -0.4 is 4.74 Å². The lowest BCUT2D eigenvalue weighted by atomic mass is 10.0. The van der Waals surface area contributed by atoms with Gasteiger partial charge in [0.15, 0.2) is 0 Å². The lowest BCUT2D eigenvalue weighted by Crippen LogP contribution is -2.28. The van der Waals surface area contributed by atoms with Crippen LogP contribution in [0.2, 0.25) is 0 Å². The molecule has 0 aromatic heterocycles. The molecule has 2 nitrogen and oxygen atoms in total. The van der Waals surface area contributed by atoms with Crippen LogP contribution in [0.3, 0.4) is 0 Å². The molecule has 0 aliphatic carbocycles. The van der Waals surface area contributed by atoms with E-state index >= 15 is 0 Å². The largest absolute Gasteiger partial charge is 0.496 e. The second kappa shape index (κ2) is 8.60. The Labute approximate surface area is 126 Å². The van der Waals surface area contributed by atoms with Crippen LogP contribution in [0.15, 0.2) is 22.7 Å². The van der Waals surface area contributed by atoms with E-state index in [4.69, 9.17) is 4.74 Å². The SMILES string of the molecule is CCC(CC)CN(CC)Cc1cc(Br)ccc1OC. The molecule has 1 rings (SSSR count). The fraction of sp³-hybridized carbons (Fsp3) is 0.625. The van der Waals surface area contributed by atoms with Crippen LogP contribution in [-0.4, -0.2) is 25.1 Å². The Hall–Kier alpha value is -0.540. The van der Waals surface area contributed by atoms with Gasteiger partial charge in [0.25, 0.3) is 0 Å². The predicted molar refractivity (Wildman–Crippen MR) is 85.7 cm³/mol. The highest BCUT2D eigenvalue weighted by Crippen LogP contribution is 2.25. The summed E-state index contributed by atoms with van der Waals surface area (Å²) in [5, 5.41) is 0. The smallest absolute Gasteiger partial charge is 0.123 e. The number of ether oxygens (including phenoxy) is 1. The van der Waals surface area contributed by atoms with Crippen molar-refractivity contribution in [3.05, 3.63) is 28.2 Å². The number of rotatable bonds is 8. The quantitative estimate of drug-likeness (QED) is 0.685. The molecule has 0 bridgehead atoms. The van der Waals surface area contributed by atoms with Gasteiger partial charge in [-0.25, -0.2) is 0 Å². The van der Waals surface area contributed by atoms with E-state index in [2.05, 4.69) is 47.7 Å². The van der Waals surface area contributed by atoms with Gasteiger partial charge in [-0.2, -0.15) is 0 Å². The van der Waals surface area contributed by atoms with Crippen molar-refractivity contribution in [2.45, 2.75) is 40.2 Å². The average molecular weight is 328 g/mol. The molecule has 0 spiro atoms. The van der Waals surface area contributed by atoms with Crippen LogP contribution in [0.4, 0.5) is 0 Å². The first kappa shape index (κ1) is 16.5. The maximum Gasteiger partial charge on any atom is 0.123 e. The molecule has 1 aromatic carbocycles. The minimum absolute atomic E-state index is 0.790. The fourth-order valence-corrected chi connectivity index (χ4v) is 2.74. The van der Waals surface area contributed by atoms with Crippen molar-refractivity contribution in [1.82, 2.24) is 4.90 Å². The van der Waals surface area contributed by atoms with Crippen molar-refractivity contribution in [1.29, 1.82) is 0 Å². The van der Waals surface area contributed by atoms with Gasteiger partial charge in [-0.05, 0) is 30.7 Å². The van der Waals surface area contributed by atoms with Crippen LogP contribution in [0.25, 0.3) is 0 Å². The molecule has 0 amide bonds. The van der Waals surface area contributed by atoms with Gasteiger partial charge in [0, 0.05) is 23.1 Å². The summed E-state index contributed by atoms with van der Waals surface area (Å²) in [4.78, 5) is 2.50. The first-order valence-electron chi connectivity index (χ1n) is 7.19. The van der Waals surface area contributed by atoms with Crippen LogP contribution in [0.1, 0.15) is 39.2 Å². The first-order chi connectivity index (χ1) is 9.14. The maximum atomic E-state index is 5.46.